The molecule has 0 aliphatic carbocycles. The fraction of sp³-hybridized carbons (Fsp3) is 0.591. The summed E-state index contributed by atoms with van der Waals surface area (Å²) in [4.78, 5) is 27.1. The number of nitrogens with zero attached hydrogens (tertiary/aromatic N) is 1. The summed E-state index contributed by atoms with van der Waals surface area (Å²) in [5.74, 6) is -0.215. The number of amides is 1. The molecule has 1 N–H and O–H groups in total. The number of thiocarbonyl (C=S) groups is 1. The summed E-state index contributed by atoms with van der Waals surface area (Å²) in [6.07, 6.45) is 1.96. The normalized spacial score (nSPS) is 16.1. The second-order valence-corrected chi connectivity index (χ2v) is 8.71. The predicted octanol–water partition coefficient (Wildman–Crippen LogP) is 3.87. The number of hydrogen-bond acceptors (Lipinski definition) is 5. The summed E-state index contributed by atoms with van der Waals surface area (Å²) in [6, 6.07) is 9.18. The molecule has 2 atom stereocenters. The molecule has 1 saturated heterocycles. The molecule has 1 aliphatic heterocycles. The van der Waals surface area contributed by atoms with Gasteiger partial charge in [0.15, 0.2) is 11.9 Å². The van der Waals surface area contributed by atoms with Crippen molar-refractivity contribution in [1.29, 1.82) is 0 Å². The van der Waals surface area contributed by atoms with Crippen molar-refractivity contribution in [3.05, 3.63) is 35.9 Å². The molecule has 1 aromatic carbocycles. The highest BCUT2D eigenvalue weighted by molar-refractivity contribution is 7.80. The number of nitrogens with one attached hydrogen (secondary N) is 1. The van der Waals surface area contributed by atoms with Crippen LogP contribution in [0.15, 0.2) is 30.3 Å². The van der Waals surface area contributed by atoms with Crippen LogP contribution in [0, 0.1) is 0 Å². The number of likely N-dealkylation sites (tertiary alicyclic amines) is 1. The molecule has 160 valence electrons. The summed E-state index contributed by atoms with van der Waals surface area (Å²) < 4.78 is 11.2. The number of aryl methyl sites for hydroxylation is 1. The van der Waals surface area contributed by atoms with E-state index in [0.29, 0.717) is 18.0 Å². The minimum Gasteiger partial charge on any atom is -0.459 e. The van der Waals surface area contributed by atoms with Gasteiger partial charge >= 0.3 is 6.09 Å². The van der Waals surface area contributed by atoms with Crippen LogP contribution in [0.3, 0.4) is 0 Å². The number of benzene rings is 1. The Hall–Kier alpha value is -2.15. The number of rotatable bonds is 7. The maximum Gasteiger partial charge on any atom is 0.408 e. The van der Waals surface area contributed by atoms with Crippen LogP contribution < -0.4 is 5.32 Å². The molecular weight excluding hydrogens is 388 g/mol. The Balaban J connectivity index is 2.02. The van der Waals surface area contributed by atoms with E-state index in [1.807, 2.05) is 35.2 Å². The van der Waals surface area contributed by atoms with Gasteiger partial charge in [0, 0.05) is 13.1 Å². The van der Waals surface area contributed by atoms with Crippen LogP contribution in [0.25, 0.3) is 0 Å². The second kappa shape index (κ2) is 10.6. The smallest absolute Gasteiger partial charge is 0.408 e. The van der Waals surface area contributed by atoms with Gasteiger partial charge in [-0.25, -0.2) is 4.79 Å². The molecule has 0 saturated carbocycles. The first-order valence-corrected chi connectivity index (χ1v) is 10.6. The van der Waals surface area contributed by atoms with Crippen molar-refractivity contribution in [2.75, 3.05) is 13.1 Å². The van der Waals surface area contributed by atoms with Crippen molar-refractivity contribution in [3.8, 4) is 0 Å². The Labute approximate surface area is 178 Å². The molecule has 7 heteroatoms. The maximum atomic E-state index is 13.0. The quantitative estimate of drug-likeness (QED) is 0.676. The molecule has 1 aliphatic rings. The van der Waals surface area contributed by atoms with Gasteiger partial charge in [-0.2, -0.15) is 0 Å². The van der Waals surface area contributed by atoms with Crippen molar-refractivity contribution < 1.29 is 19.1 Å². The van der Waals surface area contributed by atoms with Crippen molar-refractivity contribution in [2.24, 2.45) is 0 Å². The Morgan fingerprint density at radius 3 is 2.38 bits per heavy atom. The second-order valence-electron chi connectivity index (χ2n) is 8.36. The van der Waals surface area contributed by atoms with E-state index in [9.17, 15) is 9.59 Å². The van der Waals surface area contributed by atoms with Gasteiger partial charge in [0.25, 0.3) is 5.17 Å². The standard InChI is InChI=1S/C22H32N2O4S/c1-16(23-20(26)28-22(2,3)4)19(25)18(13-12-17-10-6-5-7-11-17)27-21(29)24-14-8-9-15-24/h5-7,10-11,16,18H,8-9,12-15H2,1-4H3,(H,23,26)/t16-,18+/m0/s1. The molecule has 0 bridgehead atoms. The van der Waals surface area contributed by atoms with Crippen LogP contribution in [-0.2, 0) is 20.7 Å². The number of ketones is 1. The van der Waals surface area contributed by atoms with Crippen LogP contribution in [-0.4, -0.2) is 52.8 Å². The van der Waals surface area contributed by atoms with Crippen LogP contribution in [0.2, 0.25) is 0 Å². The summed E-state index contributed by atoms with van der Waals surface area (Å²) >= 11 is 5.43. The predicted molar refractivity (Wildman–Crippen MR) is 117 cm³/mol. The molecule has 2 rings (SSSR count). The minimum atomic E-state index is -0.744. The van der Waals surface area contributed by atoms with Crippen molar-refractivity contribution in [1.82, 2.24) is 10.2 Å². The molecular formula is C22H32N2O4S. The van der Waals surface area contributed by atoms with Gasteiger partial charge in [-0.3, -0.25) is 4.79 Å². The highest BCUT2D eigenvalue weighted by Gasteiger charge is 2.30. The van der Waals surface area contributed by atoms with E-state index in [0.717, 1.165) is 31.5 Å². The van der Waals surface area contributed by atoms with E-state index in [4.69, 9.17) is 21.7 Å². The zero-order valence-corrected chi connectivity index (χ0v) is 18.6. The zero-order chi connectivity index (χ0) is 21.4. The van der Waals surface area contributed by atoms with Gasteiger partial charge in [0.2, 0.25) is 0 Å². The van der Waals surface area contributed by atoms with Crippen LogP contribution in [0.5, 0.6) is 0 Å². The summed E-state index contributed by atoms with van der Waals surface area (Å²) in [5, 5.41) is 2.97. The molecule has 1 aromatic rings. The number of hydrogen-bond donors (Lipinski definition) is 1. The minimum absolute atomic E-state index is 0.215. The lowest BCUT2D eigenvalue weighted by molar-refractivity contribution is -0.128. The van der Waals surface area contributed by atoms with Crippen molar-refractivity contribution in [2.45, 2.75) is 71.1 Å². The van der Waals surface area contributed by atoms with Crippen LogP contribution >= 0.6 is 12.2 Å². The van der Waals surface area contributed by atoms with E-state index in [2.05, 4.69) is 5.32 Å². The molecule has 1 heterocycles. The Morgan fingerprint density at radius 2 is 1.79 bits per heavy atom. The average molecular weight is 421 g/mol. The fourth-order valence-corrected chi connectivity index (χ4v) is 3.43. The molecule has 1 fully saturated rings. The lowest BCUT2D eigenvalue weighted by Crippen LogP contribution is -2.47. The molecule has 0 aromatic heterocycles. The maximum absolute atomic E-state index is 13.0. The number of Topliss-reactive ketones (excluding diaryl/α,β-unsaturated/α-hetero) is 1. The van der Waals surface area contributed by atoms with Gasteiger partial charge in [-0.05, 0) is 71.2 Å². The first-order chi connectivity index (χ1) is 13.7. The first kappa shape index (κ1) is 23.1. The number of carbonyl (C=O) groups is 2. The van der Waals surface area contributed by atoms with Gasteiger partial charge in [-0.1, -0.05) is 30.3 Å². The molecule has 6 nitrogen and oxygen atoms in total. The number of alkyl carbamates (subject to hydrolysis) is 1. The largest absolute Gasteiger partial charge is 0.459 e. The van der Waals surface area contributed by atoms with Gasteiger partial charge in [0.05, 0.1) is 6.04 Å². The van der Waals surface area contributed by atoms with Gasteiger partial charge < -0.3 is 19.7 Å². The lowest BCUT2D eigenvalue weighted by Gasteiger charge is -2.26. The lowest BCUT2D eigenvalue weighted by atomic mass is 10.0. The van der Waals surface area contributed by atoms with Gasteiger partial charge in [0.1, 0.15) is 5.60 Å². The average Bonchev–Trinajstić information content (AvgIpc) is 3.18. The molecule has 0 radical (unpaired) electrons. The summed E-state index contributed by atoms with van der Waals surface area (Å²) in [6.45, 7) is 8.68. The third-order valence-electron chi connectivity index (χ3n) is 4.62. The Bertz CT molecular complexity index is 697. The van der Waals surface area contributed by atoms with E-state index >= 15 is 0 Å². The Morgan fingerprint density at radius 1 is 1.17 bits per heavy atom. The molecule has 0 unspecified atom stereocenters. The van der Waals surface area contributed by atoms with Gasteiger partial charge in [-0.15, -0.1) is 0 Å². The van der Waals surface area contributed by atoms with E-state index in [1.54, 1.807) is 27.7 Å². The third kappa shape index (κ3) is 8.01. The fourth-order valence-electron chi connectivity index (χ4n) is 3.13. The summed E-state index contributed by atoms with van der Waals surface area (Å²) in [7, 11) is 0. The topological polar surface area (TPSA) is 67.9 Å². The zero-order valence-electron chi connectivity index (χ0n) is 17.8. The SMILES string of the molecule is C[C@H](NC(=O)OC(C)(C)C)C(=O)[C@@H](CCc1ccccc1)OC(=S)N1CCCC1. The monoisotopic (exact) mass is 420 g/mol. The Kier molecular flexibility index (Phi) is 8.44. The van der Waals surface area contributed by atoms with Crippen LogP contribution in [0.1, 0.15) is 52.5 Å². The molecule has 29 heavy (non-hydrogen) atoms. The van der Waals surface area contributed by atoms with Crippen LogP contribution in [0.4, 0.5) is 4.79 Å². The number of ether oxygens (including phenoxy) is 2. The highest BCUT2D eigenvalue weighted by atomic mass is 32.1. The highest BCUT2D eigenvalue weighted by Crippen LogP contribution is 2.15. The summed E-state index contributed by atoms with van der Waals surface area (Å²) in [5.41, 5.74) is 0.488. The third-order valence-corrected chi connectivity index (χ3v) is 4.98. The number of carbonyl (C=O) groups excluding carboxylic acids is 2. The van der Waals surface area contributed by atoms with E-state index in [1.165, 1.54) is 0 Å². The first-order valence-electron chi connectivity index (χ1n) is 10.2. The molecule has 1 amide bonds. The van der Waals surface area contributed by atoms with Crippen molar-refractivity contribution in [3.63, 3.8) is 0 Å². The van der Waals surface area contributed by atoms with E-state index < -0.39 is 23.8 Å². The van der Waals surface area contributed by atoms with E-state index in [-0.39, 0.29) is 5.78 Å². The van der Waals surface area contributed by atoms with Crippen molar-refractivity contribution >= 4 is 29.3 Å². The molecule has 0 spiro atoms.